The second-order valence-electron chi connectivity index (χ2n) is 8.55. The summed E-state index contributed by atoms with van der Waals surface area (Å²) in [5.74, 6) is 0.651. The summed E-state index contributed by atoms with van der Waals surface area (Å²) in [6.07, 6.45) is 8.42. The maximum atomic E-state index is 13.6. The molecule has 162 valence electrons. The Morgan fingerprint density at radius 2 is 1.77 bits per heavy atom. The van der Waals surface area contributed by atoms with Gasteiger partial charge in [0.25, 0.3) is 0 Å². The van der Waals surface area contributed by atoms with Gasteiger partial charge in [0.05, 0.1) is 12.1 Å². The van der Waals surface area contributed by atoms with Crippen molar-refractivity contribution >= 4 is 0 Å². The normalized spacial score (nSPS) is 19.6. The molecule has 2 aromatic heterocycles. The molecule has 8 heteroatoms. The van der Waals surface area contributed by atoms with E-state index in [0.717, 1.165) is 57.0 Å². The molecule has 7 nitrogen and oxygen atoms in total. The second kappa shape index (κ2) is 9.20. The first-order chi connectivity index (χ1) is 15.3. The summed E-state index contributed by atoms with van der Waals surface area (Å²) in [5.41, 5.74) is 2.27. The van der Waals surface area contributed by atoms with Gasteiger partial charge in [0.2, 0.25) is 0 Å². The lowest BCUT2D eigenvalue weighted by molar-refractivity contribution is 0.0992. The zero-order valence-corrected chi connectivity index (χ0v) is 17.6. The molecule has 0 spiro atoms. The number of nitrogens with zero attached hydrogens (tertiary/aromatic N) is 7. The van der Waals surface area contributed by atoms with Crippen LogP contribution in [-0.2, 0) is 6.54 Å². The highest BCUT2D eigenvalue weighted by Gasteiger charge is 2.33. The Morgan fingerprint density at radius 1 is 1.00 bits per heavy atom. The summed E-state index contributed by atoms with van der Waals surface area (Å²) in [4.78, 5) is 9.12. The predicted octanol–water partition coefficient (Wildman–Crippen LogP) is 3.23. The Kier molecular flexibility index (Phi) is 5.99. The Morgan fingerprint density at radius 3 is 2.48 bits per heavy atom. The number of hydrogen-bond donors (Lipinski definition) is 0. The van der Waals surface area contributed by atoms with Crippen LogP contribution in [0, 0.1) is 5.82 Å². The van der Waals surface area contributed by atoms with E-state index in [0.29, 0.717) is 6.04 Å². The minimum absolute atomic E-state index is 0.0725. The first kappa shape index (κ1) is 20.2. The lowest BCUT2D eigenvalue weighted by Gasteiger charge is -2.39. The van der Waals surface area contributed by atoms with Crippen molar-refractivity contribution in [3.05, 3.63) is 71.6 Å². The molecule has 3 heterocycles. The van der Waals surface area contributed by atoms with Gasteiger partial charge in [-0.05, 0) is 52.6 Å². The molecule has 31 heavy (non-hydrogen) atoms. The zero-order valence-electron chi connectivity index (χ0n) is 17.6. The Hall–Kier alpha value is -2.71. The number of rotatable bonds is 6. The van der Waals surface area contributed by atoms with Crippen molar-refractivity contribution in [2.45, 2.75) is 44.3 Å². The highest BCUT2D eigenvalue weighted by Crippen LogP contribution is 2.34. The lowest BCUT2D eigenvalue weighted by atomic mass is 10.0. The van der Waals surface area contributed by atoms with Crippen molar-refractivity contribution in [1.82, 2.24) is 35.0 Å². The van der Waals surface area contributed by atoms with E-state index in [2.05, 4.69) is 36.4 Å². The van der Waals surface area contributed by atoms with E-state index >= 15 is 0 Å². The minimum atomic E-state index is -0.223. The van der Waals surface area contributed by atoms with Gasteiger partial charge < -0.3 is 0 Å². The molecular weight excluding hydrogens is 393 g/mol. The zero-order chi connectivity index (χ0) is 21.0. The van der Waals surface area contributed by atoms with E-state index in [4.69, 9.17) is 0 Å². The van der Waals surface area contributed by atoms with Crippen LogP contribution in [0.2, 0.25) is 0 Å². The molecule has 0 unspecified atom stereocenters. The number of piperazine rings is 1. The van der Waals surface area contributed by atoms with Gasteiger partial charge in [-0.1, -0.05) is 31.0 Å². The van der Waals surface area contributed by atoms with Gasteiger partial charge in [0, 0.05) is 45.1 Å². The number of halogens is 1. The molecule has 2 fully saturated rings. The van der Waals surface area contributed by atoms with Crippen LogP contribution in [-0.4, -0.2) is 61.2 Å². The van der Waals surface area contributed by atoms with Gasteiger partial charge >= 0.3 is 0 Å². The van der Waals surface area contributed by atoms with Gasteiger partial charge in [-0.25, -0.2) is 9.07 Å². The molecule has 3 aromatic rings. The monoisotopic (exact) mass is 421 g/mol. The molecule has 1 aliphatic heterocycles. The van der Waals surface area contributed by atoms with Gasteiger partial charge in [0.15, 0.2) is 5.82 Å². The van der Waals surface area contributed by atoms with E-state index in [1.54, 1.807) is 0 Å². The number of benzene rings is 1. The maximum Gasteiger partial charge on any atom is 0.173 e. The molecule has 1 aliphatic carbocycles. The van der Waals surface area contributed by atoms with Crippen LogP contribution >= 0.6 is 0 Å². The Bertz CT molecular complexity index is 961. The van der Waals surface area contributed by atoms with E-state index in [-0.39, 0.29) is 11.9 Å². The van der Waals surface area contributed by atoms with Crippen molar-refractivity contribution in [2.75, 3.05) is 26.2 Å². The summed E-state index contributed by atoms with van der Waals surface area (Å²) in [7, 11) is 0. The molecule has 0 radical (unpaired) electrons. The standard InChI is InChI=1S/C23H28FN7/c24-20-9-7-19(8-10-20)22(23-26-27-28-31(23)21-5-1-2-6-21)30-14-12-29(13-15-30)17-18-4-3-11-25-16-18/h3-4,7-11,16,21-22H,1-2,5-6,12-15,17H2/t22-/m0/s1. The molecule has 5 rings (SSSR count). The largest absolute Gasteiger partial charge is 0.296 e. The van der Waals surface area contributed by atoms with E-state index < -0.39 is 0 Å². The van der Waals surface area contributed by atoms with Crippen molar-refractivity contribution in [3.63, 3.8) is 0 Å². The topological polar surface area (TPSA) is 63.0 Å². The van der Waals surface area contributed by atoms with Crippen LogP contribution in [0.5, 0.6) is 0 Å². The molecule has 1 saturated heterocycles. The van der Waals surface area contributed by atoms with E-state index in [1.807, 2.05) is 35.3 Å². The average molecular weight is 422 g/mol. The van der Waals surface area contributed by atoms with Crippen LogP contribution in [0.4, 0.5) is 4.39 Å². The van der Waals surface area contributed by atoms with Crippen molar-refractivity contribution in [1.29, 1.82) is 0 Å². The summed E-state index contributed by atoms with van der Waals surface area (Å²) < 4.78 is 15.7. The molecule has 1 saturated carbocycles. The SMILES string of the molecule is Fc1ccc([C@@H](c2nnnn2C2CCCC2)N2CCN(Cc3cccnc3)CC2)cc1. The van der Waals surface area contributed by atoms with Crippen LogP contribution in [0.3, 0.4) is 0 Å². The average Bonchev–Trinajstić information content (AvgIpc) is 3.49. The Balaban J connectivity index is 1.37. The third-order valence-corrected chi connectivity index (χ3v) is 6.52. The summed E-state index contributed by atoms with van der Waals surface area (Å²) in [6, 6.07) is 11.2. The fourth-order valence-electron chi connectivity index (χ4n) is 4.89. The summed E-state index contributed by atoms with van der Waals surface area (Å²) in [5, 5.41) is 12.9. The van der Waals surface area contributed by atoms with Crippen LogP contribution in [0.1, 0.15) is 54.7 Å². The molecule has 0 amide bonds. The number of hydrogen-bond acceptors (Lipinski definition) is 6. The van der Waals surface area contributed by atoms with Gasteiger partial charge in [-0.3, -0.25) is 14.8 Å². The van der Waals surface area contributed by atoms with Crippen molar-refractivity contribution < 1.29 is 4.39 Å². The summed E-state index contributed by atoms with van der Waals surface area (Å²) >= 11 is 0. The number of aromatic nitrogens is 5. The predicted molar refractivity (Wildman–Crippen MR) is 115 cm³/mol. The van der Waals surface area contributed by atoms with Crippen LogP contribution in [0.15, 0.2) is 48.8 Å². The molecule has 0 bridgehead atoms. The van der Waals surface area contributed by atoms with Crippen LogP contribution in [0.25, 0.3) is 0 Å². The minimum Gasteiger partial charge on any atom is -0.296 e. The van der Waals surface area contributed by atoms with E-state index in [1.165, 1.54) is 30.5 Å². The first-order valence-electron chi connectivity index (χ1n) is 11.2. The van der Waals surface area contributed by atoms with E-state index in [9.17, 15) is 4.39 Å². The number of pyridine rings is 1. The lowest BCUT2D eigenvalue weighted by Crippen LogP contribution is -2.48. The first-order valence-corrected chi connectivity index (χ1v) is 11.2. The summed E-state index contributed by atoms with van der Waals surface area (Å²) in [6.45, 7) is 4.62. The van der Waals surface area contributed by atoms with Crippen LogP contribution < -0.4 is 0 Å². The molecular formula is C23H28FN7. The Labute approximate surface area is 181 Å². The van der Waals surface area contributed by atoms with Crippen molar-refractivity contribution in [2.24, 2.45) is 0 Å². The maximum absolute atomic E-state index is 13.6. The molecule has 2 aliphatic rings. The highest BCUT2D eigenvalue weighted by atomic mass is 19.1. The van der Waals surface area contributed by atoms with Crippen molar-refractivity contribution in [3.8, 4) is 0 Å². The fraction of sp³-hybridized carbons (Fsp3) is 0.478. The second-order valence-corrected chi connectivity index (χ2v) is 8.55. The molecule has 0 N–H and O–H groups in total. The fourth-order valence-corrected chi connectivity index (χ4v) is 4.89. The molecule has 1 aromatic carbocycles. The van der Waals surface area contributed by atoms with Gasteiger partial charge in [0.1, 0.15) is 5.82 Å². The third kappa shape index (κ3) is 4.50. The quantitative estimate of drug-likeness (QED) is 0.609. The number of tetrazole rings is 1. The smallest absolute Gasteiger partial charge is 0.173 e. The highest BCUT2D eigenvalue weighted by molar-refractivity contribution is 5.26. The molecule has 1 atom stereocenters. The van der Waals surface area contributed by atoms with Gasteiger partial charge in [-0.2, -0.15) is 0 Å². The van der Waals surface area contributed by atoms with Gasteiger partial charge in [-0.15, -0.1) is 5.10 Å². The third-order valence-electron chi connectivity index (χ3n) is 6.52.